The normalized spacial score (nSPS) is 18.1. The minimum absolute atomic E-state index is 0.579. The summed E-state index contributed by atoms with van der Waals surface area (Å²) in [5.41, 5.74) is 1.35. The fourth-order valence-corrected chi connectivity index (χ4v) is 2.66. The van der Waals surface area contributed by atoms with Crippen molar-refractivity contribution < 1.29 is 0 Å². The van der Waals surface area contributed by atoms with Crippen molar-refractivity contribution in [1.82, 2.24) is 10.2 Å². The molecule has 1 aliphatic heterocycles. The smallest absolute Gasteiger partial charge is 0.0406 e. The molecule has 0 spiro atoms. The van der Waals surface area contributed by atoms with Gasteiger partial charge in [-0.3, -0.25) is 0 Å². The topological polar surface area (TPSA) is 15.3 Å². The van der Waals surface area contributed by atoms with Crippen LogP contribution in [0, 0.1) is 0 Å². The number of halogens is 1. The van der Waals surface area contributed by atoms with E-state index in [1.165, 1.54) is 38.0 Å². The Morgan fingerprint density at radius 2 is 1.89 bits per heavy atom. The number of hydrogen-bond donors (Lipinski definition) is 1. The van der Waals surface area contributed by atoms with Gasteiger partial charge >= 0.3 is 0 Å². The Morgan fingerprint density at radius 1 is 1.22 bits per heavy atom. The van der Waals surface area contributed by atoms with Crippen LogP contribution in [0.2, 0.25) is 5.02 Å². The molecule has 2 rings (SSSR count). The van der Waals surface area contributed by atoms with Crippen LogP contribution in [0.4, 0.5) is 0 Å². The second kappa shape index (κ2) is 7.13. The van der Waals surface area contributed by atoms with Gasteiger partial charge in [0, 0.05) is 17.6 Å². The standard InChI is InChI=1S/C15H23ClN2/c1-13(12-18-10-2-3-11-18)17-9-8-14-4-6-15(16)7-5-14/h4-7,13,17H,2-3,8-12H2,1H3. The third-order valence-electron chi connectivity index (χ3n) is 3.55. The first-order chi connectivity index (χ1) is 8.74. The second-order valence-electron chi connectivity index (χ2n) is 5.24. The Morgan fingerprint density at radius 3 is 2.56 bits per heavy atom. The van der Waals surface area contributed by atoms with E-state index in [1.807, 2.05) is 12.1 Å². The van der Waals surface area contributed by atoms with E-state index in [4.69, 9.17) is 11.6 Å². The van der Waals surface area contributed by atoms with E-state index in [9.17, 15) is 0 Å². The molecule has 0 bridgehead atoms. The van der Waals surface area contributed by atoms with Crippen LogP contribution in [0.15, 0.2) is 24.3 Å². The molecule has 18 heavy (non-hydrogen) atoms. The highest BCUT2D eigenvalue weighted by Crippen LogP contribution is 2.10. The first kappa shape index (κ1) is 13.9. The molecule has 0 aliphatic carbocycles. The average molecular weight is 267 g/mol. The van der Waals surface area contributed by atoms with E-state index in [2.05, 4.69) is 29.3 Å². The molecule has 0 aromatic heterocycles. The molecule has 0 saturated carbocycles. The van der Waals surface area contributed by atoms with E-state index in [0.29, 0.717) is 6.04 Å². The first-order valence-electron chi connectivity index (χ1n) is 6.94. The van der Waals surface area contributed by atoms with Crippen LogP contribution in [0.1, 0.15) is 25.3 Å². The van der Waals surface area contributed by atoms with Crippen LogP contribution in [0.3, 0.4) is 0 Å². The fourth-order valence-electron chi connectivity index (χ4n) is 2.53. The zero-order valence-corrected chi connectivity index (χ0v) is 11.9. The number of benzene rings is 1. The summed E-state index contributed by atoms with van der Waals surface area (Å²) in [6.45, 7) is 7.06. The summed E-state index contributed by atoms with van der Waals surface area (Å²) in [6, 6.07) is 8.72. The second-order valence-corrected chi connectivity index (χ2v) is 5.68. The zero-order valence-electron chi connectivity index (χ0n) is 11.2. The van der Waals surface area contributed by atoms with Crippen LogP contribution >= 0.6 is 11.6 Å². The molecule has 0 radical (unpaired) electrons. The lowest BCUT2D eigenvalue weighted by Crippen LogP contribution is -2.38. The molecule has 1 unspecified atom stereocenters. The number of nitrogens with zero attached hydrogens (tertiary/aromatic N) is 1. The molecule has 1 atom stereocenters. The van der Waals surface area contributed by atoms with Crippen molar-refractivity contribution in [2.75, 3.05) is 26.2 Å². The van der Waals surface area contributed by atoms with E-state index in [1.54, 1.807) is 0 Å². The monoisotopic (exact) mass is 266 g/mol. The quantitative estimate of drug-likeness (QED) is 0.852. The van der Waals surface area contributed by atoms with E-state index < -0.39 is 0 Å². The molecule has 2 nitrogen and oxygen atoms in total. The van der Waals surface area contributed by atoms with Gasteiger partial charge in [-0.2, -0.15) is 0 Å². The molecule has 100 valence electrons. The molecule has 0 amide bonds. The van der Waals surface area contributed by atoms with Crippen molar-refractivity contribution in [2.24, 2.45) is 0 Å². The van der Waals surface area contributed by atoms with Crippen LogP contribution in [0.25, 0.3) is 0 Å². The van der Waals surface area contributed by atoms with Crippen molar-refractivity contribution in [3.63, 3.8) is 0 Å². The van der Waals surface area contributed by atoms with Gasteiger partial charge in [0.25, 0.3) is 0 Å². The van der Waals surface area contributed by atoms with E-state index >= 15 is 0 Å². The van der Waals surface area contributed by atoms with Gasteiger partial charge in [0.05, 0.1) is 0 Å². The van der Waals surface area contributed by atoms with Gasteiger partial charge in [0.2, 0.25) is 0 Å². The van der Waals surface area contributed by atoms with E-state index in [-0.39, 0.29) is 0 Å². The minimum atomic E-state index is 0.579. The van der Waals surface area contributed by atoms with Gasteiger partial charge in [-0.15, -0.1) is 0 Å². The molecule has 1 aromatic carbocycles. The van der Waals surface area contributed by atoms with Crippen molar-refractivity contribution in [1.29, 1.82) is 0 Å². The molecule has 1 fully saturated rings. The molecule has 3 heteroatoms. The van der Waals surface area contributed by atoms with Gasteiger partial charge in [0.1, 0.15) is 0 Å². The third-order valence-corrected chi connectivity index (χ3v) is 3.80. The maximum atomic E-state index is 5.87. The predicted octanol–water partition coefficient (Wildman–Crippen LogP) is 2.96. The summed E-state index contributed by atoms with van der Waals surface area (Å²) >= 11 is 5.87. The van der Waals surface area contributed by atoms with Gasteiger partial charge in [-0.1, -0.05) is 23.7 Å². The number of likely N-dealkylation sites (tertiary alicyclic amines) is 1. The average Bonchev–Trinajstić information content (AvgIpc) is 2.84. The van der Waals surface area contributed by atoms with Gasteiger partial charge in [0.15, 0.2) is 0 Å². The lowest BCUT2D eigenvalue weighted by Gasteiger charge is -2.21. The Bertz CT molecular complexity index is 344. The minimum Gasteiger partial charge on any atom is -0.313 e. The van der Waals surface area contributed by atoms with Crippen molar-refractivity contribution in [3.8, 4) is 0 Å². The maximum Gasteiger partial charge on any atom is 0.0406 e. The predicted molar refractivity (Wildman–Crippen MR) is 78.3 cm³/mol. The fraction of sp³-hybridized carbons (Fsp3) is 0.600. The number of nitrogens with one attached hydrogen (secondary N) is 1. The van der Waals surface area contributed by atoms with Gasteiger partial charge < -0.3 is 10.2 Å². The highest BCUT2D eigenvalue weighted by molar-refractivity contribution is 6.30. The number of hydrogen-bond acceptors (Lipinski definition) is 2. The SMILES string of the molecule is CC(CN1CCCC1)NCCc1ccc(Cl)cc1. The molecular weight excluding hydrogens is 244 g/mol. The summed E-state index contributed by atoms with van der Waals surface area (Å²) in [5, 5.41) is 4.41. The lowest BCUT2D eigenvalue weighted by atomic mass is 10.1. The van der Waals surface area contributed by atoms with Gasteiger partial charge in [-0.25, -0.2) is 0 Å². The Labute approximate surface area is 115 Å². The molecule has 1 saturated heterocycles. The molecule has 1 aromatic rings. The number of rotatable bonds is 6. The van der Waals surface area contributed by atoms with Crippen LogP contribution < -0.4 is 5.32 Å². The van der Waals surface area contributed by atoms with Crippen LogP contribution in [0.5, 0.6) is 0 Å². The highest BCUT2D eigenvalue weighted by Gasteiger charge is 2.13. The summed E-state index contributed by atoms with van der Waals surface area (Å²) in [4.78, 5) is 2.56. The van der Waals surface area contributed by atoms with Crippen molar-refractivity contribution in [3.05, 3.63) is 34.9 Å². The molecule has 1 aliphatic rings. The van der Waals surface area contributed by atoms with E-state index in [0.717, 1.165) is 18.0 Å². The van der Waals surface area contributed by atoms with Crippen molar-refractivity contribution in [2.45, 2.75) is 32.2 Å². The van der Waals surface area contributed by atoms with Gasteiger partial charge in [-0.05, 0) is 63.5 Å². The maximum absolute atomic E-state index is 5.87. The first-order valence-corrected chi connectivity index (χ1v) is 7.32. The summed E-state index contributed by atoms with van der Waals surface area (Å²) in [5.74, 6) is 0. The molecule has 1 N–H and O–H groups in total. The Balaban J connectivity index is 1.63. The molecule has 1 heterocycles. The summed E-state index contributed by atoms with van der Waals surface area (Å²) < 4.78 is 0. The summed E-state index contributed by atoms with van der Waals surface area (Å²) in [7, 11) is 0. The van der Waals surface area contributed by atoms with Crippen LogP contribution in [-0.4, -0.2) is 37.1 Å². The van der Waals surface area contributed by atoms with Crippen molar-refractivity contribution >= 4 is 11.6 Å². The Kier molecular flexibility index (Phi) is 5.48. The Hall–Kier alpha value is -0.570. The largest absolute Gasteiger partial charge is 0.313 e. The highest BCUT2D eigenvalue weighted by atomic mass is 35.5. The summed E-state index contributed by atoms with van der Waals surface area (Å²) in [6.07, 6.45) is 3.82. The lowest BCUT2D eigenvalue weighted by molar-refractivity contribution is 0.299. The zero-order chi connectivity index (χ0) is 12.8. The molecular formula is C15H23ClN2. The van der Waals surface area contributed by atoms with Crippen LogP contribution in [-0.2, 0) is 6.42 Å². The third kappa shape index (κ3) is 4.60.